The van der Waals surface area contributed by atoms with Crippen molar-refractivity contribution in [2.24, 2.45) is 17.3 Å². The Hall–Kier alpha value is -1.09. The number of rotatable bonds is 8. The van der Waals surface area contributed by atoms with Crippen molar-refractivity contribution in [1.29, 1.82) is 0 Å². The Kier molecular flexibility index (Phi) is 5.26. The molecule has 0 amide bonds. The molecule has 21 heavy (non-hydrogen) atoms. The van der Waals surface area contributed by atoms with Crippen LogP contribution in [0.15, 0.2) is 18.2 Å². The topological polar surface area (TPSA) is 21.3 Å². The highest BCUT2D eigenvalue weighted by Gasteiger charge is 2.41. The van der Waals surface area contributed by atoms with Gasteiger partial charge in [-0.15, -0.1) is 0 Å². The molecule has 1 aromatic carbocycles. The van der Waals surface area contributed by atoms with Crippen LogP contribution in [0.3, 0.4) is 0 Å². The van der Waals surface area contributed by atoms with Crippen molar-refractivity contribution in [3.05, 3.63) is 29.6 Å². The van der Waals surface area contributed by atoms with Crippen LogP contribution in [0.25, 0.3) is 0 Å². The summed E-state index contributed by atoms with van der Waals surface area (Å²) in [5, 5.41) is 3.59. The van der Waals surface area contributed by atoms with Gasteiger partial charge in [-0.25, -0.2) is 4.39 Å². The molecule has 2 nitrogen and oxygen atoms in total. The lowest BCUT2D eigenvalue weighted by Gasteiger charge is -2.31. The second kappa shape index (κ2) is 6.78. The Morgan fingerprint density at radius 1 is 1.38 bits per heavy atom. The van der Waals surface area contributed by atoms with Gasteiger partial charge in [0, 0.05) is 6.54 Å². The van der Waals surface area contributed by atoms with Crippen molar-refractivity contribution in [3.63, 3.8) is 0 Å². The predicted molar refractivity (Wildman–Crippen MR) is 85.2 cm³/mol. The summed E-state index contributed by atoms with van der Waals surface area (Å²) in [6.07, 6.45) is 3.53. The second-order valence-corrected chi connectivity index (χ2v) is 7.10. The maximum Gasteiger partial charge on any atom is 0.165 e. The highest BCUT2D eigenvalue weighted by molar-refractivity contribution is 5.30. The Morgan fingerprint density at radius 3 is 2.62 bits per heavy atom. The average molecular weight is 293 g/mol. The van der Waals surface area contributed by atoms with E-state index in [9.17, 15) is 4.39 Å². The van der Waals surface area contributed by atoms with Crippen molar-refractivity contribution in [2.45, 2.75) is 40.0 Å². The van der Waals surface area contributed by atoms with Gasteiger partial charge >= 0.3 is 0 Å². The van der Waals surface area contributed by atoms with Gasteiger partial charge in [-0.2, -0.15) is 0 Å². The van der Waals surface area contributed by atoms with E-state index in [1.807, 2.05) is 6.07 Å². The van der Waals surface area contributed by atoms with Gasteiger partial charge in [0.05, 0.1) is 7.11 Å². The van der Waals surface area contributed by atoms with Crippen LogP contribution in [-0.2, 0) is 6.42 Å². The van der Waals surface area contributed by atoms with Crippen molar-refractivity contribution in [2.75, 3.05) is 20.2 Å². The van der Waals surface area contributed by atoms with E-state index in [1.165, 1.54) is 20.0 Å². The molecule has 0 bridgehead atoms. The summed E-state index contributed by atoms with van der Waals surface area (Å²) < 4.78 is 18.9. The third-order valence-electron chi connectivity index (χ3n) is 4.47. The van der Waals surface area contributed by atoms with Crippen LogP contribution >= 0.6 is 0 Å². The molecule has 1 fully saturated rings. The van der Waals surface area contributed by atoms with Crippen LogP contribution in [0, 0.1) is 23.1 Å². The van der Waals surface area contributed by atoms with Crippen molar-refractivity contribution in [1.82, 2.24) is 5.32 Å². The van der Waals surface area contributed by atoms with Crippen molar-refractivity contribution in [3.8, 4) is 5.75 Å². The smallest absolute Gasteiger partial charge is 0.165 e. The van der Waals surface area contributed by atoms with E-state index in [1.54, 1.807) is 12.1 Å². The largest absolute Gasteiger partial charge is 0.494 e. The molecule has 0 aromatic heterocycles. The van der Waals surface area contributed by atoms with E-state index < -0.39 is 0 Å². The fourth-order valence-corrected chi connectivity index (χ4v) is 3.06. The van der Waals surface area contributed by atoms with Gasteiger partial charge in [0.25, 0.3) is 0 Å². The lowest BCUT2D eigenvalue weighted by Crippen LogP contribution is -2.37. The van der Waals surface area contributed by atoms with Crippen LogP contribution in [0.1, 0.15) is 39.2 Å². The monoisotopic (exact) mass is 293 g/mol. The average Bonchev–Trinajstić information content (AvgIpc) is 3.23. The summed E-state index contributed by atoms with van der Waals surface area (Å²) in [6, 6.07) is 5.35. The molecule has 1 saturated carbocycles. The molecule has 118 valence electrons. The summed E-state index contributed by atoms with van der Waals surface area (Å²) in [6.45, 7) is 8.82. The normalized spacial score (nSPS) is 17.8. The first-order valence-electron chi connectivity index (χ1n) is 7.98. The van der Waals surface area contributed by atoms with E-state index in [-0.39, 0.29) is 11.2 Å². The number of methoxy groups -OCH3 is 1. The molecule has 2 rings (SSSR count). The third kappa shape index (κ3) is 4.44. The van der Waals surface area contributed by atoms with E-state index in [0.29, 0.717) is 11.7 Å². The highest BCUT2D eigenvalue weighted by Crippen LogP contribution is 2.47. The first-order valence-corrected chi connectivity index (χ1v) is 7.98. The van der Waals surface area contributed by atoms with E-state index >= 15 is 0 Å². The van der Waals surface area contributed by atoms with E-state index in [0.717, 1.165) is 31.0 Å². The molecule has 1 unspecified atom stereocenters. The van der Waals surface area contributed by atoms with Gasteiger partial charge in [0.15, 0.2) is 11.6 Å². The van der Waals surface area contributed by atoms with Crippen LogP contribution in [0.5, 0.6) is 5.75 Å². The first-order chi connectivity index (χ1) is 9.94. The highest BCUT2D eigenvalue weighted by atomic mass is 19.1. The van der Waals surface area contributed by atoms with Gasteiger partial charge in [-0.3, -0.25) is 0 Å². The van der Waals surface area contributed by atoms with Gasteiger partial charge in [0.1, 0.15) is 0 Å². The minimum absolute atomic E-state index is 0.218. The zero-order valence-corrected chi connectivity index (χ0v) is 13.7. The SMILES string of the molecule is COc1ccc(CC(C)(CNCC(C)C)C2CC2)cc1F. The molecule has 0 aliphatic heterocycles. The second-order valence-electron chi connectivity index (χ2n) is 7.10. The molecule has 0 saturated heterocycles. The zero-order valence-electron chi connectivity index (χ0n) is 13.7. The lowest BCUT2D eigenvalue weighted by molar-refractivity contribution is 0.251. The third-order valence-corrected chi connectivity index (χ3v) is 4.47. The van der Waals surface area contributed by atoms with Gasteiger partial charge in [-0.1, -0.05) is 26.8 Å². The summed E-state index contributed by atoms with van der Waals surface area (Å²) in [5.41, 5.74) is 1.28. The van der Waals surface area contributed by atoms with E-state index in [4.69, 9.17) is 4.74 Å². The minimum atomic E-state index is -0.261. The Labute approximate surface area is 128 Å². The maximum atomic E-state index is 13.9. The molecular weight excluding hydrogens is 265 g/mol. The quantitative estimate of drug-likeness (QED) is 0.781. The molecule has 1 N–H and O–H groups in total. The van der Waals surface area contributed by atoms with Gasteiger partial charge in [0.2, 0.25) is 0 Å². The number of benzene rings is 1. The van der Waals surface area contributed by atoms with Crippen molar-refractivity contribution < 1.29 is 9.13 Å². The number of ether oxygens (including phenoxy) is 1. The van der Waals surface area contributed by atoms with Crippen LogP contribution < -0.4 is 10.1 Å². The predicted octanol–water partition coefficient (Wildman–Crippen LogP) is 4.04. The molecule has 3 heteroatoms. The molecule has 1 aliphatic carbocycles. The van der Waals surface area contributed by atoms with Gasteiger partial charge in [-0.05, 0) is 60.8 Å². The molecule has 1 aromatic rings. The Bertz CT molecular complexity index is 470. The summed E-state index contributed by atoms with van der Waals surface area (Å²) >= 11 is 0. The minimum Gasteiger partial charge on any atom is -0.494 e. The fraction of sp³-hybridized carbons (Fsp3) is 0.667. The standard InChI is InChI=1S/C18H28FNO/c1-13(2)11-20-12-18(3,15-6-7-15)10-14-5-8-17(21-4)16(19)9-14/h5,8-9,13,15,20H,6-7,10-12H2,1-4H3. The number of halogens is 1. The summed E-state index contributed by atoms with van der Waals surface area (Å²) in [4.78, 5) is 0. The number of hydrogen-bond acceptors (Lipinski definition) is 2. The zero-order chi connectivity index (χ0) is 15.5. The molecule has 1 atom stereocenters. The molecular formula is C18H28FNO. The molecule has 1 aliphatic rings. The maximum absolute atomic E-state index is 13.9. The Balaban J connectivity index is 2.03. The molecule has 0 radical (unpaired) electrons. The Morgan fingerprint density at radius 2 is 2.10 bits per heavy atom. The molecule has 0 heterocycles. The molecule has 0 spiro atoms. The van der Waals surface area contributed by atoms with Crippen LogP contribution in [0.4, 0.5) is 4.39 Å². The number of hydrogen-bond donors (Lipinski definition) is 1. The van der Waals surface area contributed by atoms with Gasteiger partial charge < -0.3 is 10.1 Å². The summed E-state index contributed by atoms with van der Waals surface area (Å²) in [7, 11) is 1.50. The fourth-order valence-electron chi connectivity index (χ4n) is 3.06. The summed E-state index contributed by atoms with van der Waals surface area (Å²) in [5.74, 6) is 1.49. The van der Waals surface area contributed by atoms with Crippen LogP contribution in [-0.4, -0.2) is 20.2 Å². The van der Waals surface area contributed by atoms with E-state index in [2.05, 4.69) is 26.1 Å². The van der Waals surface area contributed by atoms with Crippen molar-refractivity contribution >= 4 is 0 Å². The lowest BCUT2D eigenvalue weighted by atomic mass is 9.78. The number of nitrogens with one attached hydrogen (secondary N) is 1. The first kappa shape index (κ1) is 16.3. The van der Waals surface area contributed by atoms with Crippen LogP contribution in [0.2, 0.25) is 0 Å².